The molecule has 1 rings (SSSR count). The largest absolute Gasteiger partial charge is 0.420 e. The molecule has 2 nitrogen and oxygen atoms in total. The van der Waals surface area contributed by atoms with Crippen LogP contribution in [0.4, 0.5) is 8.78 Å². The van der Waals surface area contributed by atoms with E-state index in [1.807, 2.05) is 0 Å². The molecule has 88 valence electrons. The number of hydrogen-bond donors (Lipinski definition) is 0. The van der Waals surface area contributed by atoms with E-state index in [1.165, 1.54) is 0 Å². The average molecular weight is 228 g/mol. The summed E-state index contributed by atoms with van der Waals surface area (Å²) in [6.45, 7) is 6.39. The fraction of sp³-hybridized carbons (Fsp3) is 0.417. The molecule has 0 aliphatic carbocycles. The van der Waals surface area contributed by atoms with Crippen molar-refractivity contribution < 1.29 is 18.3 Å². The number of hydrogen-bond acceptors (Lipinski definition) is 2. The molecule has 0 aromatic heterocycles. The van der Waals surface area contributed by atoms with Gasteiger partial charge in [-0.1, -0.05) is 0 Å². The Kier molecular flexibility index (Phi) is 3.31. The van der Waals surface area contributed by atoms with Gasteiger partial charge in [-0.25, -0.2) is 8.78 Å². The summed E-state index contributed by atoms with van der Waals surface area (Å²) in [5, 5.41) is 0. The van der Waals surface area contributed by atoms with Crippen LogP contribution >= 0.6 is 0 Å². The van der Waals surface area contributed by atoms with Crippen LogP contribution in [-0.2, 0) is 4.79 Å². The summed E-state index contributed by atoms with van der Waals surface area (Å²) < 4.78 is 31.4. The topological polar surface area (TPSA) is 26.3 Å². The fourth-order valence-corrected chi connectivity index (χ4v) is 1.03. The van der Waals surface area contributed by atoms with Crippen LogP contribution in [0, 0.1) is 24.0 Å². The average Bonchev–Trinajstić information content (AvgIpc) is 2.08. The zero-order valence-electron chi connectivity index (χ0n) is 9.73. The van der Waals surface area contributed by atoms with E-state index < -0.39 is 28.8 Å². The molecule has 0 fully saturated rings. The lowest BCUT2D eigenvalue weighted by Crippen LogP contribution is -2.26. The monoisotopic (exact) mass is 228 g/mol. The second-order valence-corrected chi connectivity index (χ2v) is 4.70. The van der Waals surface area contributed by atoms with Gasteiger partial charge in [0.2, 0.25) is 5.75 Å². The van der Waals surface area contributed by atoms with E-state index in [9.17, 15) is 13.6 Å². The molecule has 0 atom stereocenters. The molecule has 0 saturated heterocycles. The number of carbonyl (C=O) groups excluding carboxylic acids is 1. The molecule has 0 aliphatic heterocycles. The molecule has 0 radical (unpaired) electrons. The molecule has 0 aliphatic rings. The number of aryl methyl sites for hydroxylation is 1. The van der Waals surface area contributed by atoms with Crippen LogP contribution in [0.5, 0.6) is 5.75 Å². The lowest BCUT2D eigenvalue weighted by molar-refractivity contribution is -0.143. The second-order valence-electron chi connectivity index (χ2n) is 4.70. The van der Waals surface area contributed by atoms with Gasteiger partial charge in [-0.3, -0.25) is 4.79 Å². The van der Waals surface area contributed by atoms with Gasteiger partial charge in [0, 0.05) is 0 Å². The standard InChI is InChI=1S/C12H14F2O2/c1-7-5-8(13)10(9(14)6-7)16-11(15)12(2,3)4/h5-6H,1-4H3. The maximum Gasteiger partial charge on any atom is 0.316 e. The lowest BCUT2D eigenvalue weighted by Gasteiger charge is -2.17. The van der Waals surface area contributed by atoms with Crippen LogP contribution in [0.15, 0.2) is 12.1 Å². The first-order valence-electron chi connectivity index (χ1n) is 4.90. The van der Waals surface area contributed by atoms with E-state index in [-0.39, 0.29) is 0 Å². The van der Waals surface area contributed by atoms with Crippen molar-refractivity contribution in [2.75, 3.05) is 0 Å². The molecule has 1 aromatic carbocycles. The summed E-state index contributed by atoms with van der Waals surface area (Å²) in [6, 6.07) is 2.24. The zero-order chi connectivity index (χ0) is 12.5. The Morgan fingerprint density at radius 2 is 1.62 bits per heavy atom. The number of halogens is 2. The highest BCUT2D eigenvalue weighted by atomic mass is 19.1. The highest BCUT2D eigenvalue weighted by molar-refractivity contribution is 5.77. The molecule has 16 heavy (non-hydrogen) atoms. The summed E-state index contributed by atoms with van der Waals surface area (Å²) in [7, 11) is 0. The van der Waals surface area contributed by atoms with Crippen molar-refractivity contribution in [3.05, 3.63) is 29.3 Å². The first-order valence-corrected chi connectivity index (χ1v) is 4.90. The Labute approximate surface area is 93.2 Å². The van der Waals surface area contributed by atoms with E-state index in [2.05, 4.69) is 0 Å². The smallest absolute Gasteiger partial charge is 0.316 e. The SMILES string of the molecule is Cc1cc(F)c(OC(=O)C(C)(C)C)c(F)c1. The molecule has 0 bridgehead atoms. The van der Waals surface area contributed by atoms with Gasteiger partial charge in [0.1, 0.15) is 0 Å². The number of rotatable bonds is 1. The Balaban J connectivity index is 3.03. The lowest BCUT2D eigenvalue weighted by atomic mass is 9.97. The molecule has 1 aromatic rings. The predicted octanol–water partition coefficient (Wildman–Crippen LogP) is 3.22. The van der Waals surface area contributed by atoms with Crippen molar-refractivity contribution >= 4 is 5.97 Å². The first-order chi connectivity index (χ1) is 7.21. The Bertz CT molecular complexity index is 397. The van der Waals surface area contributed by atoms with Crippen LogP contribution < -0.4 is 4.74 Å². The number of esters is 1. The van der Waals surface area contributed by atoms with Gasteiger partial charge < -0.3 is 4.74 Å². The van der Waals surface area contributed by atoms with Gasteiger partial charge in [0.05, 0.1) is 5.41 Å². The molecule has 0 spiro atoms. The highest BCUT2D eigenvalue weighted by Gasteiger charge is 2.26. The van der Waals surface area contributed by atoms with E-state index in [1.54, 1.807) is 27.7 Å². The summed E-state index contributed by atoms with van der Waals surface area (Å²) in [5.74, 6) is -3.04. The van der Waals surface area contributed by atoms with Crippen LogP contribution in [0.3, 0.4) is 0 Å². The molecular weight excluding hydrogens is 214 g/mol. The van der Waals surface area contributed by atoms with Crippen LogP contribution in [-0.4, -0.2) is 5.97 Å². The van der Waals surface area contributed by atoms with E-state index >= 15 is 0 Å². The maximum absolute atomic E-state index is 13.3. The minimum absolute atomic E-state index is 0.436. The maximum atomic E-state index is 13.3. The van der Waals surface area contributed by atoms with Crippen LogP contribution in [0.2, 0.25) is 0 Å². The quantitative estimate of drug-likeness (QED) is 0.545. The molecule has 0 saturated carbocycles. The van der Waals surface area contributed by atoms with Crippen LogP contribution in [0.1, 0.15) is 26.3 Å². The molecule has 0 heterocycles. The van der Waals surface area contributed by atoms with Gasteiger partial charge in [0.25, 0.3) is 0 Å². The molecule has 0 unspecified atom stereocenters. The zero-order valence-corrected chi connectivity index (χ0v) is 9.73. The Morgan fingerprint density at radius 3 is 2.00 bits per heavy atom. The second kappa shape index (κ2) is 4.20. The minimum atomic E-state index is -0.866. The van der Waals surface area contributed by atoms with Crippen molar-refractivity contribution in [2.24, 2.45) is 5.41 Å². The predicted molar refractivity (Wildman–Crippen MR) is 56.2 cm³/mol. The third kappa shape index (κ3) is 2.78. The van der Waals surface area contributed by atoms with Gasteiger partial charge >= 0.3 is 5.97 Å². The number of benzene rings is 1. The van der Waals surface area contributed by atoms with E-state index in [0.717, 1.165) is 12.1 Å². The van der Waals surface area contributed by atoms with Crippen LogP contribution in [0.25, 0.3) is 0 Å². The fourth-order valence-electron chi connectivity index (χ4n) is 1.03. The van der Waals surface area contributed by atoms with Gasteiger partial charge in [-0.05, 0) is 45.4 Å². The summed E-state index contributed by atoms with van der Waals surface area (Å²) in [4.78, 5) is 11.5. The van der Waals surface area contributed by atoms with Crippen molar-refractivity contribution in [2.45, 2.75) is 27.7 Å². The Hall–Kier alpha value is -1.45. The molecule has 4 heteroatoms. The van der Waals surface area contributed by atoms with Crippen molar-refractivity contribution in [3.8, 4) is 5.75 Å². The molecular formula is C12H14F2O2. The Morgan fingerprint density at radius 1 is 1.19 bits per heavy atom. The van der Waals surface area contributed by atoms with Crippen molar-refractivity contribution in [1.29, 1.82) is 0 Å². The molecule has 0 amide bonds. The van der Waals surface area contributed by atoms with Crippen molar-refractivity contribution in [1.82, 2.24) is 0 Å². The van der Waals surface area contributed by atoms with E-state index in [0.29, 0.717) is 5.56 Å². The third-order valence-electron chi connectivity index (χ3n) is 1.95. The number of carbonyl (C=O) groups is 1. The minimum Gasteiger partial charge on any atom is -0.420 e. The van der Waals surface area contributed by atoms with Crippen molar-refractivity contribution in [3.63, 3.8) is 0 Å². The van der Waals surface area contributed by atoms with E-state index in [4.69, 9.17) is 4.74 Å². The number of ether oxygens (including phenoxy) is 1. The molecule has 0 N–H and O–H groups in total. The normalized spacial score (nSPS) is 11.4. The summed E-state index contributed by atoms with van der Waals surface area (Å²) in [5.41, 5.74) is -0.366. The highest BCUT2D eigenvalue weighted by Crippen LogP contribution is 2.26. The first kappa shape index (κ1) is 12.6. The summed E-state index contributed by atoms with van der Waals surface area (Å²) >= 11 is 0. The summed E-state index contributed by atoms with van der Waals surface area (Å²) in [6.07, 6.45) is 0. The van der Waals surface area contributed by atoms with Gasteiger partial charge in [-0.2, -0.15) is 0 Å². The van der Waals surface area contributed by atoms with Gasteiger partial charge in [-0.15, -0.1) is 0 Å². The van der Waals surface area contributed by atoms with Gasteiger partial charge in [0.15, 0.2) is 11.6 Å². The third-order valence-corrected chi connectivity index (χ3v) is 1.95.